The van der Waals surface area contributed by atoms with Crippen molar-refractivity contribution in [3.05, 3.63) is 52.6 Å². The van der Waals surface area contributed by atoms with Gasteiger partial charge >= 0.3 is 0 Å². The van der Waals surface area contributed by atoms with Gasteiger partial charge in [-0.1, -0.05) is 39.8 Å². The van der Waals surface area contributed by atoms with Gasteiger partial charge in [0.15, 0.2) is 0 Å². The molecule has 6 heteroatoms. The van der Waals surface area contributed by atoms with E-state index in [4.69, 9.17) is 5.73 Å². The lowest BCUT2D eigenvalue weighted by molar-refractivity contribution is 0.0947. The number of hydrogen-bond donors (Lipinski definition) is 2. The van der Waals surface area contributed by atoms with Gasteiger partial charge < -0.3 is 11.1 Å². The summed E-state index contributed by atoms with van der Waals surface area (Å²) >= 11 is 4.98. The first-order chi connectivity index (χ1) is 10.7. The summed E-state index contributed by atoms with van der Waals surface area (Å²) in [6.45, 7) is 1.27. The second-order valence-electron chi connectivity index (χ2n) is 4.67. The molecule has 0 aliphatic carbocycles. The van der Waals surface area contributed by atoms with Gasteiger partial charge in [-0.25, -0.2) is 4.98 Å². The molecule has 116 valence electrons. The summed E-state index contributed by atoms with van der Waals surface area (Å²) in [5.41, 5.74) is 5.87. The maximum atomic E-state index is 12.0. The molecule has 3 N–H and O–H groups in total. The molecule has 4 nitrogen and oxygen atoms in total. The number of pyridine rings is 1. The van der Waals surface area contributed by atoms with Crippen LogP contribution in [0.2, 0.25) is 0 Å². The number of carbonyl (C=O) groups is 1. The van der Waals surface area contributed by atoms with Crippen molar-refractivity contribution >= 4 is 33.6 Å². The summed E-state index contributed by atoms with van der Waals surface area (Å²) < 4.78 is 1.02. The van der Waals surface area contributed by atoms with Crippen LogP contribution in [0.25, 0.3) is 0 Å². The van der Waals surface area contributed by atoms with E-state index in [1.165, 1.54) is 11.8 Å². The third kappa shape index (κ3) is 5.44. The van der Waals surface area contributed by atoms with Crippen LogP contribution < -0.4 is 11.1 Å². The molecule has 1 heterocycles. The Morgan fingerprint density at radius 1 is 1.23 bits per heavy atom. The molecule has 0 spiro atoms. The van der Waals surface area contributed by atoms with Crippen molar-refractivity contribution in [3.8, 4) is 0 Å². The smallest absolute Gasteiger partial charge is 0.269 e. The minimum atomic E-state index is -0.145. The number of carbonyl (C=O) groups excluding carboxylic acids is 1. The number of benzene rings is 1. The van der Waals surface area contributed by atoms with Crippen molar-refractivity contribution in [2.75, 3.05) is 13.1 Å². The highest BCUT2D eigenvalue weighted by Crippen LogP contribution is 2.28. The predicted octanol–water partition coefficient (Wildman–Crippen LogP) is 3.46. The molecule has 0 atom stereocenters. The van der Waals surface area contributed by atoms with Crippen LogP contribution in [0, 0.1) is 0 Å². The topological polar surface area (TPSA) is 68.0 Å². The molecule has 0 radical (unpaired) electrons. The lowest BCUT2D eigenvalue weighted by Gasteiger charge is -2.06. The maximum absolute atomic E-state index is 12.0. The number of aromatic nitrogens is 1. The molecule has 0 bridgehead atoms. The summed E-state index contributed by atoms with van der Waals surface area (Å²) in [5, 5.41) is 3.66. The Balaban J connectivity index is 1.98. The zero-order valence-electron chi connectivity index (χ0n) is 12.1. The van der Waals surface area contributed by atoms with Crippen LogP contribution in [0.5, 0.6) is 0 Å². The van der Waals surface area contributed by atoms with Crippen LogP contribution in [0.15, 0.2) is 56.9 Å². The van der Waals surface area contributed by atoms with E-state index in [9.17, 15) is 4.79 Å². The van der Waals surface area contributed by atoms with Crippen LogP contribution in [-0.2, 0) is 0 Å². The monoisotopic (exact) mass is 379 g/mol. The number of amides is 1. The minimum absolute atomic E-state index is 0.145. The van der Waals surface area contributed by atoms with Crippen molar-refractivity contribution in [1.82, 2.24) is 10.3 Å². The summed E-state index contributed by atoms with van der Waals surface area (Å²) in [5.74, 6) is -0.145. The fraction of sp³-hybridized carbons (Fsp3) is 0.250. The van der Waals surface area contributed by atoms with E-state index < -0.39 is 0 Å². The number of nitrogens with zero attached hydrogens (tertiary/aromatic N) is 1. The highest BCUT2D eigenvalue weighted by atomic mass is 79.9. The van der Waals surface area contributed by atoms with Crippen LogP contribution in [0.4, 0.5) is 0 Å². The lowest BCUT2D eigenvalue weighted by Crippen LogP contribution is -2.25. The normalized spacial score (nSPS) is 10.5. The largest absolute Gasteiger partial charge is 0.351 e. The van der Waals surface area contributed by atoms with Crippen molar-refractivity contribution < 1.29 is 4.79 Å². The molecule has 2 aromatic rings. The Labute approximate surface area is 143 Å². The highest BCUT2D eigenvalue weighted by Gasteiger charge is 2.08. The molecule has 2 rings (SSSR count). The van der Waals surface area contributed by atoms with Crippen LogP contribution in [0.3, 0.4) is 0 Å². The van der Waals surface area contributed by atoms with Crippen LogP contribution in [0.1, 0.15) is 23.3 Å². The van der Waals surface area contributed by atoms with Gasteiger partial charge in [0, 0.05) is 15.9 Å². The van der Waals surface area contributed by atoms with Gasteiger partial charge in [-0.2, -0.15) is 0 Å². The molecule has 0 fully saturated rings. The van der Waals surface area contributed by atoms with Gasteiger partial charge in [0.25, 0.3) is 5.91 Å². The Kier molecular flexibility index (Phi) is 6.89. The Hall–Kier alpha value is -1.37. The molecule has 0 saturated carbocycles. The van der Waals surface area contributed by atoms with Gasteiger partial charge in [0.1, 0.15) is 10.7 Å². The average Bonchev–Trinajstić information content (AvgIpc) is 2.52. The first-order valence-corrected chi connectivity index (χ1v) is 8.69. The quantitative estimate of drug-likeness (QED) is 0.722. The number of nitrogens with one attached hydrogen (secondary N) is 1. The summed E-state index contributed by atoms with van der Waals surface area (Å²) in [6, 6.07) is 13.5. The second kappa shape index (κ2) is 8.92. The second-order valence-corrected chi connectivity index (χ2v) is 6.68. The average molecular weight is 380 g/mol. The Bertz CT molecular complexity index is 636. The third-order valence-electron chi connectivity index (χ3n) is 2.89. The zero-order chi connectivity index (χ0) is 15.8. The number of nitrogens with two attached hydrogens (primary N) is 1. The van der Waals surface area contributed by atoms with E-state index in [0.29, 0.717) is 18.8 Å². The minimum Gasteiger partial charge on any atom is -0.351 e. The van der Waals surface area contributed by atoms with E-state index in [1.807, 2.05) is 36.4 Å². The van der Waals surface area contributed by atoms with Crippen LogP contribution in [-0.4, -0.2) is 24.0 Å². The highest BCUT2D eigenvalue weighted by molar-refractivity contribution is 9.10. The molecular weight excluding hydrogens is 362 g/mol. The summed E-state index contributed by atoms with van der Waals surface area (Å²) in [7, 11) is 0. The van der Waals surface area contributed by atoms with Crippen LogP contribution >= 0.6 is 27.7 Å². The molecule has 0 aliphatic heterocycles. The SMILES string of the molecule is NCCCCNC(=O)c1cccc(Sc2cccc(Br)c2)n1. The van der Waals surface area contributed by atoms with E-state index in [-0.39, 0.29) is 5.91 Å². The standard InChI is InChI=1S/C16H18BrN3OS/c17-12-5-3-6-13(11-12)22-15-8-4-7-14(20-15)16(21)19-10-2-1-9-18/h3-8,11H,1-2,9-10,18H2,(H,19,21). The first kappa shape index (κ1) is 17.0. The van der Waals surface area contributed by atoms with Gasteiger partial charge in [-0.3, -0.25) is 4.79 Å². The van der Waals surface area contributed by atoms with E-state index in [1.54, 1.807) is 6.07 Å². The molecule has 1 aromatic carbocycles. The molecule has 1 amide bonds. The predicted molar refractivity (Wildman–Crippen MR) is 93.1 cm³/mol. The van der Waals surface area contributed by atoms with Gasteiger partial charge in [0.05, 0.1) is 0 Å². The van der Waals surface area contributed by atoms with Gasteiger partial charge in [0.2, 0.25) is 0 Å². The van der Waals surface area contributed by atoms with Gasteiger partial charge in [-0.05, 0) is 49.7 Å². The van der Waals surface area contributed by atoms with Crippen molar-refractivity contribution in [1.29, 1.82) is 0 Å². The molecule has 22 heavy (non-hydrogen) atoms. The Morgan fingerprint density at radius 3 is 2.82 bits per heavy atom. The van der Waals surface area contributed by atoms with Crippen molar-refractivity contribution in [3.63, 3.8) is 0 Å². The molecule has 0 saturated heterocycles. The number of halogens is 1. The lowest BCUT2D eigenvalue weighted by atomic mass is 10.3. The van der Waals surface area contributed by atoms with E-state index in [2.05, 4.69) is 26.2 Å². The fourth-order valence-corrected chi connectivity index (χ4v) is 3.23. The number of hydrogen-bond acceptors (Lipinski definition) is 4. The molecule has 0 unspecified atom stereocenters. The van der Waals surface area contributed by atoms with Crippen molar-refractivity contribution in [2.45, 2.75) is 22.8 Å². The summed E-state index contributed by atoms with van der Waals surface area (Å²) in [4.78, 5) is 17.5. The Morgan fingerprint density at radius 2 is 2.05 bits per heavy atom. The van der Waals surface area contributed by atoms with E-state index in [0.717, 1.165) is 27.2 Å². The maximum Gasteiger partial charge on any atom is 0.269 e. The fourth-order valence-electron chi connectivity index (χ4n) is 1.81. The van der Waals surface area contributed by atoms with Gasteiger partial charge in [-0.15, -0.1) is 0 Å². The molecular formula is C16H18BrN3OS. The number of rotatable bonds is 7. The third-order valence-corrected chi connectivity index (χ3v) is 4.31. The number of unbranched alkanes of at least 4 members (excludes halogenated alkanes) is 1. The molecule has 1 aromatic heterocycles. The van der Waals surface area contributed by atoms with E-state index >= 15 is 0 Å². The summed E-state index contributed by atoms with van der Waals surface area (Å²) in [6.07, 6.45) is 1.79. The first-order valence-electron chi connectivity index (χ1n) is 7.08. The molecule has 0 aliphatic rings. The zero-order valence-corrected chi connectivity index (χ0v) is 14.5. The van der Waals surface area contributed by atoms with Crippen molar-refractivity contribution in [2.24, 2.45) is 5.73 Å².